The lowest BCUT2D eigenvalue weighted by Gasteiger charge is -2.38. The van der Waals surface area contributed by atoms with Crippen LogP contribution in [0.1, 0.15) is 15.9 Å². The van der Waals surface area contributed by atoms with Gasteiger partial charge in [0.15, 0.2) is 29.1 Å². The number of carbonyl (C=O) groups excluding carboxylic acids is 2. The van der Waals surface area contributed by atoms with E-state index >= 15 is 0 Å². The van der Waals surface area contributed by atoms with Gasteiger partial charge in [0.2, 0.25) is 5.78 Å². The Morgan fingerprint density at radius 1 is 0.647 bits per heavy atom. The molecule has 0 atom stereocenters. The van der Waals surface area contributed by atoms with Crippen LogP contribution in [0, 0.1) is 28.7 Å². The molecule has 0 amide bonds. The summed E-state index contributed by atoms with van der Waals surface area (Å²) in [6.45, 7) is 0. The zero-order valence-electron chi connectivity index (χ0n) is 14.9. The standard InChI is InChI=1S/C16HF15O3/c17-4-1-2(5(18)7(20)6(4)19)9(33)3(8(1)32)10(34)11(16(29,30)31)12(21,22)14(25,26)15(27,28)13(11,23)24/h32H. The summed E-state index contributed by atoms with van der Waals surface area (Å²) >= 11 is 0. The summed E-state index contributed by atoms with van der Waals surface area (Å²) in [7, 11) is 0. The fourth-order valence-electron chi connectivity index (χ4n) is 3.66. The number of hydrogen-bond donors (Lipinski definition) is 1. The number of carbonyl (C=O) groups is 2. The summed E-state index contributed by atoms with van der Waals surface area (Å²) in [5.41, 5.74) is -15.4. The monoisotopic (exact) mass is 526 g/mol. The van der Waals surface area contributed by atoms with Gasteiger partial charge in [-0.2, -0.15) is 48.3 Å². The second kappa shape index (κ2) is 6.38. The maximum atomic E-state index is 14.2. The molecule has 3 rings (SSSR count). The van der Waals surface area contributed by atoms with Gasteiger partial charge in [-0.3, -0.25) is 9.59 Å². The number of allylic oxidation sites excluding steroid dienone is 1. The van der Waals surface area contributed by atoms with Gasteiger partial charge >= 0.3 is 29.9 Å². The smallest absolute Gasteiger partial charge is 0.414 e. The molecule has 1 fully saturated rings. The van der Waals surface area contributed by atoms with E-state index in [1.54, 1.807) is 0 Å². The third-order valence-corrected chi connectivity index (χ3v) is 5.31. The van der Waals surface area contributed by atoms with Crippen LogP contribution in [0.5, 0.6) is 0 Å². The topological polar surface area (TPSA) is 54.4 Å². The van der Waals surface area contributed by atoms with Gasteiger partial charge in [-0.05, 0) is 0 Å². The number of fused-ring (bicyclic) bond motifs is 1. The third-order valence-electron chi connectivity index (χ3n) is 5.31. The van der Waals surface area contributed by atoms with Crippen LogP contribution in [-0.4, -0.2) is 46.5 Å². The molecule has 1 aromatic rings. The van der Waals surface area contributed by atoms with Crippen LogP contribution in [-0.2, 0) is 4.79 Å². The van der Waals surface area contributed by atoms with Gasteiger partial charge in [0, 0.05) is 0 Å². The quantitative estimate of drug-likeness (QED) is 0.244. The van der Waals surface area contributed by atoms with Crippen LogP contribution in [0.25, 0.3) is 5.76 Å². The van der Waals surface area contributed by atoms with Gasteiger partial charge in [-0.1, -0.05) is 0 Å². The SMILES string of the molecule is O=C1C(C(=O)C2(C(F)(F)F)C(F)(F)C(F)(F)C(F)(F)C2(F)F)=C(O)c2c(F)c(F)c(F)c(F)c21. The van der Waals surface area contributed by atoms with E-state index in [1.807, 2.05) is 0 Å². The van der Waals surface area contributed by atoms with Gasteiger partial charge in [-0.25, -0.2) is 17.6 Å². The van der Waals surface area contributed by atoms with Crippen molar-refractivity contribution in [2.75, 3.05) is 0 Å². The summed E-state index contributed by atoms with van der Waals surface area (Å²) in [6, 6.07) is 0. The minimum absolute atomic E-state index is 2.34. The second-order valence-corrected chi connectivity index (χ2v) is 6.93. The normalized spacial score (nSPS) is 23.9. The predicted octanol–water partition coefficient (Wildman–Crippen LogP) is 5.38. The van der Waals surface area contributed by atoms with Crippen LogP contribution in [0.3, 0.4) is 0 Å². The molecule has 0 heterocycles. The molecule has 1 N–H and O–H groups in total. The Hall–Kier alpha value is -2.95. The Balaban J connectivity index is 2.48. The number of aliphatic hydroxyl groups excluding tert-OH is 1. The van der Waals surface area contributed by atoms with E-state index in [-0.39, 0.29) is 0 Å². The van der Waals surface area contributed by atoms with Gasteiger partial charge < -0.3 is 5.11 Å². The fourth-order valence-corrected chi connectivity index (χ4v) is 3.66. The molecular weight excluding hydrogens is 525 g/mol. The van der Waals surface area contributed by atoms with Crippen molar-refractivity contribution >= 4 is 17.3 Å². The summed E-state index contributed by atoms with van der Waals surface area (Å²) < 4.78 is 206. The number of benzene rings is 1. The van der Waals surface area contributed by atoms with E-state index in [2.05, 4.69) is 0 Å². The molecule has 2 aliphatic rings. The van der Waals surface area contributed by atoms with Crippen molar-refractivity contribution in [3.05, 3.63) is 40.0 Å². The molecule has 0 saturated heterocycles. The molecule has 1 saturated carbocycles. The first kappa shape index (κ1) is 25.7. The van der Waals surface area contributed by atoms with Crippen LogP contribution < -0.4 is 0 Å². The van der Waals surface area contributed by atoms with Crippen LogP contribution in [0.4, 0.5) is 65.9 Å². The molecule has 188 valence electrons. The first-order chi connectivity index (χ1) is 15.0. The van der Waals surface area contributed by atoms with Crippen molar-refractivity contribution in [3.8, 4) is 0 Å². The molecular formula is C16HF15O3. The van der Waals surface area contributed by atoms with E-state index < -0.39 is 92.6 Å². The zero-order valence-corrected chi connectivity index (χ0v) is 14.9. The van der Waals surface area contributed by atoms with Gasteiger partial charge in [0.1, 0.15) is 11.3 Å². The van der Waals surface area contributed by atoms with Crippen LogP contribution in [0.15, 0.2) is 5.57 Å². The highest BCUT2D eigenvalue weighted by Gasteiger charge is 3.06. The van der Waals surface area contributed by atoms with Crippen molar-refractivity contribution in [1.82, 2.24) is 0 Å². The number of hydrogen-bond acceptors (Lipinski definition) is 3. The van der Waals surface area contributed by atoms with Crippen LogP contribution >= 0.6 is 0 Å². The summed E-state index contributed by atoms with van der Waals surface area (Å²) in [5.74, 6) is -52.5. The number of rotatable bonds is 2. The van der Waals surface area contributed by atoms with E-state index in [9.17, 15) is 80.6 Å². The zero-order chi connectivity index (χ0) is 26.8. The molecule has 0 aromatic heterocycles. The minimum Gasteiger partial charge on any atom is -0.506 e. The first-order valence-electron chi connectivity index (χ1n) is 7.97. The van der Waals surface area contributed by atoms with Gasteiger partial charge in [-0.15, -0.1) is 0 Å². The highest BCUT2D eigenvalue weighted by atomic mass is 19.4. The van der Waals surface area contributed by atoms with Crippen molar-refractivity contribution in [2.24, 2.45) is 5.41 Å². The molecule has 0 aliphatic heterocycles. The molecule has 34 heavy (non-hydrogen) atoms. The number of alkyl halides is 11. The predicted molar refractivity (Wildman–Crippen MR) is 73.4 cm³/mol. The highest BCUT2D eigenvalue weighted by Crippen LogP contribution is 2.76. The molecule has 0 radical (unpaired) electrons. The molecule has 1 aromatic carbocycles. The minimum atomic E-state index is -7.77. The summed E-state index contributed by atoms with van der Waals surface area (Å²) in [5, 5.41) is 9.65. The Morgan fingerprint density at radius 3 is 1.35 bits per heavy atom. The van der Waals surface area contributed by atoms with E-state index in [0.29, 0.717) is 0 Å². The van der Waals surface area contributed by atoms with Crippen molar-refractivity contribution in [1.29, 1.82) is 0 Å². The van der Waals surface area contributed by atoms with E-state index in [4.69, 9.17) is 0 Å². The largest absolute Gasteiger partial charge is 0.506 e. The lowest BCUT2D eigenvalue weighted by molar-refractivity contribution is -0.341. The molecule has 2 aliphatic carbocycles. The maximum Gasteiger partial charge on any atom is 0.414 e. The molecule has 0 spiro atoms. The maximum absolute atomic E-state index is 14.2. The molecule has 0 unspecified atom stereocenters. The first-order valence-corrected chi connectivity index (χ1v) is 7.97. The number of halogens is 15. The molecule has 0 bridgehead atoms. The Bertz CT molecular complexity index is 1170. The summed E-state index contributed by atoms with van der Waals surface area (Å²) in [6.07, 6.45) is -7.77. The Labute approximate surface area is 174 Å². The van der Waals surface area contributed by atoms with Crippen molar-refractivity contribution in [2.45, 2.75) is 29.9 Å². The highest BCUT2D eigenvalue weighted by molar-refractivity contribution is 6.36. The number of Topliss-reactive ketones (excluding diaryl/α,β-unsaturated/α-hetero) is 2. The Kier molecular flexibility index (Phi) is 4.82. The van der Waals surface area contributed by atoms with Gasteiger partial charge in [0.25, 0.3) is 5.41 Å². The lowest BCUT2D eigenvalue weighted by Crippen LogP contribution is -2.65. The molecule has 3 nitrogen and oxygen atoms in total. The average Bonchev–Trinajstić information content (AvgIpc) is 2.95. The van der Waals surface area contributed by atoms with Crippen molar-refractivity contribution < 1.29 is 80.6 Å². The van der Waals surface area contributed by atoms with E-state index in [1.165, 1.54) is 0 Å². The summed E-state index contributed by atoms with van der Waals surface area (Å²) in [4.78, 5) is 24.4. The van der Waals surface area contributed by atoms with Crippen LogP contribution in [0.2, 0.25) is 0 Å². The van der Waals surface area contributed by atoms with Crippen molar-refractivity contribution in [3.63, 3.8) is 0 Å². The van der Waals surface area contributed by atoms with Gasteiger partial charge in [0.05, 0.1) is 11.1 Å². The molecule has 18 heteroatoms. The Morgan fingerprint density at radius 2 is 1.00 bits per heavy atom. The third kappa shape index (κ3) is 2.24. The van der Waals surface area contributed by atoms with E-state index in [0.717, 1.165) is 0 Å². The average molecular weight is 526 g/mol. The lowest BCUT2D eigenvalue weighted by atomic mass is 9.72. The second-order valence-electron chi connectivity index (χ2n) is 6.93. The number of aliphatic hydroxyl groups is 1. The fraction of sp³-hybridized carbons (Fsp3) is 0.375. The number of ketones is 2.